The van der Waals surface area contributed by atoms with Crippen LogP contribution >= 0.6 is 0 Å². The van der Waals surface area contributed by atoms with Crippen LogP contribution in [0.2, 0.25) is 0 Å². The average molecular weight is 264 g/mol. The Morgan fingerprint density at radius 3 is 2.26 bits per heavy atom. The average Bonchev–Trinajstić information content (AvgIpc) is 2.43. The fourth-order valence-electron chi connectivity index (χ4n) is 1.11. The summed E-state index contributed by atoms with van der Waals surface area (Å²) >= 11 is 0. The summed E-state index contributed by atoms with van der Waals surface area (Å²) in [7, 11) is 0. The van der Waals surface area contributed by atoms with Crippen molar-refractivity contribution in [1.82, 2.24) is 0 Å². The molecule has 0 amide bonds. The van der Waals surface area contributed by atoms with Crippen LogP contribution in [0, 0.1) is 0 Å². The van der Waals surface area contributed by atoms with Crippen LogP contribution in [0.15, 0.2) is 51.9 Å². The molecule has 0 aliphatic rings. The third-order valence-corrected chi connectivity index (χ3v) is 2.04. The molecule has 2 rings (SSSR count). The number of aromatic carboxylic acids is 1. The van der Waals surface area contributed by atoms with Crippen molar-refractivity contribution in [2.45, 2.75) is 6.61 Å². The van der Waals surface area contributed by atoms with E-state index < -0.39 is 17.1 Å². The zero-order valence-corrected chi connectivity index (χ0v) is 9.81. The van der Waals surface area contributed by atoms with E-state index in [1.807, 2.05) is 0 Å². The van der Waals surface area contributed by atoms with Gasteiger partial charge in [0.15, 0.2) is 5.75 Å². The van der Waals surface area contributed by atoms with Gasteiger partial charge < -0.3 is 19.7 Å². The largest absolute Gasteiger partial charge is 0.502 e. The maximum absolute atomic E-state index is 10.6. The molecule has 6 nitrogen and oxygen atoms in total. The van der Waals surface area contributed by atoms with Crippen molar-refractivity contribution in [3.05, 3.63) is 64.2 Å². The van der Waals surface area contributed by atoms with E-state index >= 15 is 0 Å². The number of carbonyl (C=O) groups is 1. The molecule has 1 heterocycles. The highest BCUT2D eigenvalue weighted by Crippen LogP contribution is 2.02. The van der Waals surface area contributed by atoms with Crippen molar-refractivity contribution in [3.8, 4) is 5.75 Å². The molecule has 0 saturated heterocycles. The van der Waals surface area contributed by atoms with Crippen molar-refractivity contribution < 1.29 is 24.5 Å². The van der Waals surface area contributed by atoms with Gasteiger partial charge in [0.05, 0.1) is 5.56 Å². The highest BCUT2D eigenvalue weighted by Gasteiger charge is 1.98. The lowest BCUT2D eigenvalue weighted by atomic mass is 10.2. The summed E-state index contributed by atoms with van der Waals surface area (Å²) < 4.78 is 4.59. The Labute approximate surface area is 108 Å². The Morgan fingerprint density at radius 1 is 1.21 bits per heavy atom. The SMILES string of the molecule is O=C(O)c1ccccc1.O=c1cc(CO)occ1O. The smallest absolute Gasteiger partial charge is 0.335 e. The lowest BCUT2D eigenvalue weighted by molar-refractivity contribution is 0.0697. The van der Waals surface area contributed by atoms with E-state index in [4.69, 9.17) is 15.3 Å². The molecule has 6 heteroatoms. The molecule has 2 aromatic rings. The van der Waals surface area contributed by atoms with E-state index in [1.165, 1.54) is 0 Å². The molecule has 3 N–H and O–H groups in total. The predicted molar refractivity (Wildman–Crippen MR) is 66.0 cm³/mol. The second kappa shape index (κ2) is 6.97. The zero-order valence-electron chi connectivity index (χ0n) is 9.81. The molecule has 100 valence electrons. The number of hydrogen-bond donors (Lipinski definition) is 3. The van der Waals surface area contributed by atoms with Gasteiger partial charge in [0.2, 0.25) is 5.43 Å². The molecule has 0 aliphatic heterocycles. The molecule has 0 saturated carbocycles. The molecule has 1 aromatic heterocycles. The normalized spacial score (nSPS) is 9.32. The molecular formula is C13H12O6. The van der Waals surface area contributed by atoms with Crippen molar-refractivity contribution >= 4 is 5.97 Å². The molecule has 0 unspecified atom stereocenters. The number of aliphatic hydroxyl groups excluding tert-OH is 1. The van der Waals surface area contributed by atoms with Crippen LogP contribution in [0.25, 0.3) is 0 Å². The van der Waals surface area contributed by atoms with Gasteiger partial charge in [-0.1, -0.05) is 18.2 Å². The first-order valence-electron chi connectivity index (χ1n) is 5.24. The number of hydrogen-bond acceptors (Lipinski definition) is 5. The number of carboxylic acids is 1. The maximum atomic E-state index is 10.6. The molecule has 1 aromatic carbocycles. The minimum Gasteiger partial charge on any atom is -0.502 e. The Bertz CT molecular complexity index is 588. The van der Waals surface area contributed by atoms with Crippen LogP contribution in [-0.4, -0.2) is 21.3 Å². The van der Waals surface area contributed by atoms with Gasteiger partial charge in [0, 0.05) is 6.07 Å². The van der Waals surface area contributed by atoms with Gasteiger partial charge >= 0.3 is 5.97 Å². The van der Waals surface area contributed by atoms with E-state index in [-0.39, 0.29) is 12.4 Å². The minimum absolute atomic E-state index is 0.141. The summed E-state index contributed by atoms with van der Waals surface area (Å²) in [5.74, 6) is -1.18. The third kappa shape index (κ3) is 4.64. The van der Waals surface area contributed by atoms with Crippen LogP contribution in [0.3, 0.4) is 0 Å². The molecule has 0 fully saturated rings. The van der Waals surface area contributed by atoms with E-state index in [1.54, 1.807) is 30.3 Å². The van der Waals surface area contributed by atoms with Gasteiger partial charge in [-0.15, -0.1) is 0 Å². The van der Waals surface area contributed by atoms with Crippen LogP contribution < -0.4 is 5.43 Å². The fourth-order valence-corrected chi connectivity index (χ4v) is 1.11. The van der Waals surface area contributed by atoms with Crippen LogP contribution in [0.4, 0.5) is 0 Å². The summed E-state index contributed by atoms with van der Waals surface area (Å²) in [6.07, 6.45) is 0.897. The summed E-state index contributed by atoms with van der Waals surface area (Å²) in [6.45, 7) is -0.338. The summed E-state index contributed by atoms with van der Waals surface area (Å²) in [5, 5.41) is 25.5. The van der Waals surface area contributed by atoms with Crippen molar-refractivity contribution in [3.63, 3.8) is 0 Å². The number of aliphatic hydroxyl groups is 1. The Kier molecular flexibility index (Phi) is 5.31. The maximum Gasteiger partial charge on any atom is 0.335 e. The number of carboxylic acid groups (broad SMARTS) is 1. The minimum atomic E-state index is -0.879. The lowest BCUT2D eigenvalue weighted by Crippen LogP contribution is -1.99. The van der Waals surface area contributed by atoms with E-state index in [0.29, 0.717) is 5.56 Å². The number of rotatable bonds is 2. The van der Waals surface area contributed by atoms with Gasteiger partial charge in [-0.3, -0.25) is 4.79 Å². The standard InChI is InChI=1S/C7H6O2.C6H6O4/c8-7(9)6-4-2-1-3-5-6;7-2-4-1-5(8)6(9)3-10-4/h1-5H,(H,8,9);1,3,7,9H,2H2. The quantitative estimate of drug-likeness (QED) is 0.752. The van der Waals surface area contributed by atoms with Gasteiger partial charge in [-0.2, -0.15) is 0 Å². The highest BCUT2D eigenvalue weighted by molar-refractivity contribution is 5.87. The second-order valence-corrected chi connectivity index (χ2v) is 3.43. The van der Waals surface area contributed by atoms with Crippen LogP contribution in [-0.2, 0) is 6.61 Å². The van der Waals surface area contributed by atoms with Gasteiger partial charge in [0.1, 0.15) is 18.6 Å². The van der Waals surface area contributed by atoms with Gasteiger partial charge in [-0.05, 0) is 12.1 Å². The Balaban J connectivity index is 0.000000191. The fraction of sp³-hybridized carbons (Fsp3) is 0.0769. The van der Waals surface area contributed by atoms with E-state index in [2.05, 4.69) is 4.42 Å². The van der Waals surface area contributed by atoms with Crippen molar-refractivity contribution in [2.75, 3.05) is 0 Å². The lowest BCUT2D eigenvalue weighted by Gasteiger charge is -1.92. The van der Waals surface area contributed by atoms with Gasteiger partial charge in [0.25, 0.3) is 0 Å². The molecule has 19 heavy (non-hydrogen) atoms. The highest BCUT2D eigenvalue weighted by atomic mass is 16.4. The topological polar surface area (TPSA) is 108 Å². The van der Waals surface area contributed by atoms with E-state index in [9.17, 15) is 9.59 Å². The number of aromatic hydroxyl groups is 1. The van der Waals surface area contributed by atoms with Crippen LogP contribution in [0.5, 0.6) is 5.75 Å². The second-order valence-electron chi connectivity index (χ2n) is 3.43. The first-order chi connectivity index (χ1) is 9.04. The molecule has 0 aliphatic carbocycles. The van der Waals surface area contributed by atoms with Crippen LogP contribution in [0.1, 0.15) is 16.1 Å². The summed E-state index contributed by atoms with van der Waals surface area (Å²) in [6, 6.07) is 9.33. The van der Waals surface area contributed by atoms with Crippen molar-refractivity contribution in [1.29, 1.82) is 0 Å². The Hall–Kier alpha value is -2.60. The third-order valence-electron chi connectivity index (χ3n) is 2.04. The first-order valence-corrected chi connectivity index (χ1v) is 5.24. The van der Waals surface area contributed by atoms with Gasteiger partial charge in [-0.25, -0.2) is 4.79 Å². The molecular weight excluding hydrogens is 252 g/mol. The summed E-state index contributed by atoms with van der Waals surface area (Å²) in [4.78, 5) is 20.8. The molecule has 0 atom stereocenters. The zero-order chi connectivity index (χ0) is 14.3. The number of benzene rings is 1. The van der Waals surface area contributed by atoms with Crippen molar-refractivity contribution in [2.24, 2.45) is 0 Å². The monoisotopic (exact) mass is 264 g/mol. The van der Waals surface area contributed by atoms with E-state index in [0.717, 1.165) is 12.3 Å². The first kappa shape index (κ1) is 14.5. The molecule has 0 spiro atoms. The molecule has 0 bridgehead atoms. The predicted octanol–water partition coefficient (Wildman–Crippen LogP) is 1.22. The molecule has 0 radical (unpaired) electrons. The Morgan fingerprint density at radius 2 is 1.84 bits per heavy atom. The summed E-state index contributed by atoms with van der Waals surface area (Å²) in [5.41, 5.74) is -0.215.